The number of esters is 2. The number of amidine groups is 1. The van der Waals surface area contributed by atoms with Gasteiger partial charge in [-0.3, -0.25) is 9.59 Å². The van der Waals surface area contributed by atoms with E-state index in [0.717, 1.165) is 23.1 Å². The second-order valence-electron chi connectivity index (χ2n) is 17.4. The van der Waals surface area contributed by atoms with Gasteiger partial charge in [0.25, 0.3) is 0 Å². The Labute approximate surface area is 321 Å². The van der Waals surface area contributed by atoms with E-state index in [1.165, 1.54) is 12.7 Å². The first kappa shape index (κ1) is 37.0. The molecular weight excluding hydrogens is 698 g/mol. The van der Waals surface area contributed by atoms with Crippen LogP contribution in [0.1, 0.15) is 104 Å². The predicted molar refractivity (Wildman–Crippen MR) is 205 cm³/mol. The number of ether oxygens (including phenoxy) is 5. The number of hydrogen-bond donors (Lipinski definition) is 1. The number of carbonyl (C=O) groups is 3. The molecule has 8 aliphatic rings. The fraction of sp³-hybridized carbons (Fsp3) is 0.523. The lowest BCUT2D eigenvalue weighted by molar-refractivity contribution is -0.183. The van der Waals surface area contributed by atoms with Gasteiger partial charge in [0.2, 0.25) is 0 Å². The van der Waals surface area contributed by atoms with E-state index in [-0.39, 0.29) is 36.1 Å². The van der Waals surface area contributed by atoms with Crippen LogP contribution in [0, 0.1) is 35.0 Å². The Morgan fingerprint density at radius 2 is 1.75 bits per heavy atom. The highest BCUT2D eigenvalue weighted by Crippen LogP contribution is 2.74. The number of ketones is 1. The van der Waals surface area contributed by atoms with Gasteiger partial charge in [-0.2, -0.15) is 5.26 Å². The van der Waals surface area contributed by atoms with E-state index >= 15 is 4.79 Å². The van der Waals surface area contributed by atoms with Gasteiger partial charge in [-0.25, -0.2) is 9.79 Å². The van der Waals surface area contributed by atoms with Crippen molar-refractivity contribution in [3.05, 3.63) is 63.3 Å². The molecule has 7 unspecified atom stereocenters. The Hall–Kier alpha value is -4.95. The molecule has 2 N–H and O–H groups in total. The Morgan fingerprint density at radius 1 is 1.04 bits per heavy atom. The van der Waals surface area contributed by atoms with E-state index in [0.29, 0.717) is 58.7 Å². The molecule has 1 saturated heterocycles. The minimum Gasteiger partial charge on any atom is -0.482 e. The van der Waals surface area contributed by atoms with Crippen molar-refractivity contribution in [2.45, 2.75) is 116 Å². The summed E-state index contributed by atoms with van der Waals surface area (Å²) >= 11 is 0. The van der Waals surface area contributed by atoms with E-state index in [9.17, 15) is 14.9 Å². The fourth-order valence-corrected chi connectivity index (χ4v) is 10.6. The lowest BCUT2D eigenvalue weighted by Gasteiger charge is -2.62. The lowest BCUT2D eigenvalue weighted by atomic mass is 9.44. The van der Waals surface area contributed by atoms with Crippen LogP contribution in [0.3, 0.4) is 0 Å². The number of fused-ring (bicyclic) bond motifs is 3. The number of nitrogens with two attached hydrogens (primary N) is 1. The number of allylic oxidation sites excluding steroid dienone is 4. The summed E-state index contributed by atoms with van der Waals surface area (Å²) in [7, 11) is 1.31. The zero-order valence-corrected chi connectivity index (χ0v) is 33.1. The van der Waals surface area contributed by atoms with Crippen LogP contribution in [0.25, 0.3) is 11.3 Å². The fourth-order valence-electron chi connectivity index (χ4n) is 10.6. The van der Waals surface area contributed by atoms with Crippen LogP contribution in [0.4, 0.5) is 0 Å². The molecule has 1 aromatic carbocycles. The molecule has 3 aliphatic carbocycles. The maximum Gasteiger partial charge on any atom is 0.333 e. The molecule has 5 aliphatic heterocycles. The summed E-state index contributed by atoms with van der Waals surface area (Å²) in [4.78, 5) is 46.5. The summed E-state index contributed by atoms with van der Waals surface area (Å²) < 4.78 is 33.0. The smallest absolute Gasteiger partial charge is 0.333 e. The Kier molecular flexibility index (Phi) is 8.26. The Morgan fingerprint density at radius 3 is 2.42 bits per heavy atom. The average molecular weight is 748 g/mol. The van der Waals surface area contributed by atoms with Gasteiger partial charge in [0, 0.05) is 40.9 Å². The molecule has 4 fully saturated rings. The maximum absolute atomic E-state index is 15.2. The molecule has 0 radical (unpaired) electrons. The molecule has 11 heteroatoms. The molecule has 3 saturated carbocycles. The number of methoxy groups -OCH3 is 1. The number of Topliss-reactive ketones (excluding diaryl/α,β-unsaturated/α-hetero) is 1. The largest absolute Gasteiger partial charge is 0.482 e. The molecule has 5 heterocycles. The van der Waals surface area contributed by atoms with Gasteiger partial charge in [0.15, 0.2) is 22.7 Å². The van der Waals surface area contributed by atoms with Crippen molar-refractivity contribution in [1.29, 1.82) is 5.26 Å². The summed E-state index contributed by atoms with van der Waals surface area (Å²) in [6.45, 7) is 15.8. The quantitative estimate of drug-likeness (QED) is 0.127. The van der Waals surface area contributed by atoms with Gasteiger partial charge in [0.1, 0.15) is 28.9 Å². The summed E-state index contributed by atoms with van der Waals surface area (Å²) in [6.07, 6.45) is 10.3. The maximum atomic E-state index is 15.2. The highest BCUT2D eigenvalue weighted by molar-refractivity contribution is 6.07. The third-order valence-electron chi connectivity index (χ3n) is 12.8. The van der Waals surface area contributed by atoms with Gasteiger partial charge in [-0.05, 0) is 92.7 Å². The molecule has 1 spiro atoms. The first-order valence-corrected chi connectivity index (χ1v) is 19.2. The first-order chi connectivity index (χ1) is 25.9. The molecule has 288 valence electrons. The first-order valence-electron chi connectivity index (χ1n) is 19.2. The molecule has 0 amide bonds. The molecular formula is C44H49N3O8. The van der Waals surface area contributed by atoms with Crippen LogP contribution in [0.5, 0.6) is 17.2 Å². The number of benzene rings is 1. The van der Waals surface area contributed by atoms with Gasteiger partial charge >= 0.3 is 11.9 Å². The van der Waals surface area contributed by atoms with Crippen LogP contribution < -0.4 is 19.9 Å². The topological polar surface area (TPSA) is 160 Å². The van der Waals surface area contributed by atoms with Crippen LogP contribution in [-0.2, 0) is 30.3 Å². The lowest BCUT2D eigenvalue weighted by Crippen LogP contribution is -2.75. The number of nitrogens with zero attached hydrogens (tertiary/aromatic N) is 2. The second-order valence-corrected chi connectivity index (χ2v) is 17.4. The molecule has 9 rings (SSSR count). The molecule has 55 heavy (non-hydrogen) atoms. The van der Waals surface area contributed by atoms with Crippen LogP contribution in [0.15, 0.2) is 51.6 Å². The number of carbonyl (C=O) groups excluding carboxylic acids is 3. The molecule has 1 aromatic rings. The summed E-state index contributed by atoms with van der Waals surface area (Å²) in [5.74, 6) is -2.38. The third kappa shape index (κ3) is 5.02. The highest BCUT2D eigenvalue weighted by atomic mass is 16.6. The molecule has 0 aromatic heterocycles. The van der Waals surface area contributed by atoms with Crippen molar-refractivity contribution < 1.29 is 38.1 Å². The van der Waals surface area contributed by atoms with Crippen LogP contribution in [-0.4, -0.2) is 53.1 Å². The standard InChI is InChI=1S/C44H49N3O8/c1-21(2)11-10-15-42(8)19-24-17-29(48)52-37-30(24)35(53-42)25(13-12-22(3)4)36-32(37)34-33-31(27(20-45)39(46)47-34)26-18-28-41(6,7)55-43(38(26)49,44(28,33)54-36)16-14-23(5)40(50)51-9/h11-12,14,19,26-28,31H,10,13,15-18H2,1-9H3,(H2,46,47). The average Bonchev–Trinajstić information content (AvgIpc) is 3.25. The van der Waals surface area contributed by atoms with E-state index in [1.807, 2.05) is 40.7 Å². The summed E-state index contributed by atoms with van der Waals surface area (Å²) in [5.41, 5.74) is 8.41. The Balaban J connectivity index is 1.47. The summed E-state index contributed by atoms with van der Waals surface area (Å²) in [5, 5.41) is 10.6. The normalized spacial score (nSPS) is 32.7. The van der Waals surface area contributed by atoms with Crippen molar-refractivity contribution in [2.75, 3.05) is 7.11 Å². The van der Waals surface area contributed by atoms with Gasteiger partial charge in [-0.1, -0.05) is 29.4 Å². The van der Waals surface area contributed by atoms with Gasteiger partial charge in [-0.15, -0.1) is 0 Å². The summed E-state index contributed by atoms with van der Waals surface area (Å²) in [6, 6.07) is 2.37. The van der Waals surface area contributed by atoms with Crippen molar-refractivity contribution in [1.82, 2.24) is 0 Å². The van der Waals surface area contributed by atoms with Gasteiger partial charge < -0.3 is 29.4 Å². The minimum absolute atomic E-state index is 0.0142. The number of nitriles is 1. The number of aliphatic imine (C=N–C) groups is 1. The number of hydrogen-bond acceptors (Lipinski definition) is 11. The minimum atomic E-state index is -1.60. The van der Waals surface area contributed by atoms with E-state index in [2.05, 4.69) is 32.1 Å². The zero-order valence-electron chi connectivity index (χ0n) is 33.1. The van der Waals surface area contributed by atoms with Crippen molar-refractivity contribution >= 4 is 34.8 Å². The predicted octanol–water partition coefficient (Wildman–Crippen LogP) is 7.03. The van der Waals surface area contributed by atoms with Gasteiger partial charge in [0.05, 0.1) is 42.0 Å². The molecule has 4 bridgehead atoms. The Bertz CT molecular complexity index is 2220. The van der Waals surface area contributed by atoms with Crippen LogP contribution >= 0.6 is 0 Å². The SMILES string of the molecule is COC(=O)C(C)=CCC12OC(C)(C)C3CC(C1=O)C1C4=C(N=C(N)C1C#N)c1c(c(CC=C(C)C)c5c6c1OC(=O)CC6=CC(C)(CCC=C(C)C)O5)OC432. The number of rotatable bonds is 8. The molecule has 11 nitrogen and oxygen atoms in total. The highest BCUT2D eigenvalue weighted by Gasteiger charge is 2.84. The van der Waals surface area contributed by atoms with E-state index in [4.69, 9.17) is 34.4 Å². The monoisotopic (exact) mass is 747 g/mol. The van der Waals surface area contributed by atoms with Crippen molar-refractivity contribution in [3.63, 3.8) is 0 Å². The second kappa shape index (κ2) is 12.3. The van der Waals surface area contributed by atoms with Crippen molar-refractivity contribution in [3.8, 4) is 23.3 Å². The van der Waals surface area contributed by atoms with E-state index in [1.54, 1.807) is 13.0 Å². The zero-order chi connectivity index (χ0) is 39.6. The van der Waals surface area contributed by atoms with Crippen LogP contribution in [0.2, 0.25) is 0 Å². The van der Waals surface area contributed by atoms with Crippen molar-refractivity contribution in [2.24, 2.45) is 34.4 Å². The third-order valence-corrected chi connectivity index (χ3v) is 12.8. The van der Waals surface area contributed by atoms with E-state index < -0.39 is 52.1 Å². The molecule has 7 atom stereocenters.